The first-order valence-electron chi connectivity index (χ1n) is 3.15. The summed E-state index contributed by atoms with van der Waals surface area (Å²) in [7, 11) is 0. The summed E-state index contributed by atoms with van der Waals surface area (Å²) >= 11 is 0. The van der Waals surface area contributed by atoms with Gasteiger partial charge < -0.3 is 10.5 Å². The number of rotatable bonds is 2. The lowest BCUT2D eigenvalue weighted by Gasteiger charge is -2.05. The van der Waals surface area contributed by atoms with Crippen molar-refractivity contribution in [2.24, 2.45) is 5.73 Å². The van der Waals surface area contributed by atoms with Crippen LogP contribution in [0.3, 0.4) is 0 Å². The Hall–Kier alpha value is -0.570. The number of carbonyl (C=O) groups is 1. The van der Waals surface area contributed by atoms with Gasteiger partial charge in [0.15, 0.2) is 0 Å². The number of nitrogens with two attached hydrogens (primary N) is 1. The summed E-state index contributed by atoms with van der Waals surface area (Å²) in [5, 5.41) is 0. The van der Waals surface area contributed by atoms with Crippen molar-refractivity contribution in [3.8, 4) is 0 Å². The molecule has 0 bridgehead atoms. The molecule has 0 radical (unpaired) electrons. The number of esters is 1. The molecule has 3 nitrogen and oxygen atoms in total. The molecule has 2 N–H and O–H groups in total. The van der Waals surface area contributed by atoms with Crippen LogP contribution in [0.1, 0.15) is 21.2 Å². The van der Waals surface area contributed by atoms with E-state index < -0.39 is 5.54 Å². The second kappa shape index (κ2) is 1.99. The van der Waals surface area contributed by atoms with Crippen molar-refractivity contribution in [1.82, 2.24) is 0 Å². The maximum atomic E-state index is 10.8. The van der Waals surface area contributed by atoms with Crippen molar-refractivity contribution in [2.45, 2.75) is 25.3 Å². The number of ether oxygens (including phenoxy) is 1. The first-order chi connectivity index (χ1) is 4.19. The molecule has 0 spiro atoms. The second-order valence-corrected chi connectivity index (χ2v) is 2.38. The van der Waals surface area contributed by atoms with Crippen LogP contribution in [0.4, 0.5) is 0 Å². The van der Waals surface area contributed by atoms with E-state index in [9.17, 15) is 4.79 Å². The molecule has 0 unspecified atom stereocenters. The van der Waals surface area contributed by atoms with E-state index in [0.717, 1.165) is 12.8 Å². The summed E-state index contributed by atoms with van der Waals surface area (Å²) in [4.78, 5) is 10.8. The van der Waals surface area contributed by atoms with Crippen LogP contribution in [0.2, 0.25) is 0 Å². The third-order valence-electron chi connectivity index (χ3n) is 1.47. The monoisotopic (exact) mass is 130 g/mol. The summed E-state index contributed by atoms with van der Waals surface area (Å²) < 4.78 is 4.70. The van der Waals surface area contributed by atoms with Crippen LogP contribution < -0.4 is 5.73 Å². The van der Waals surface area contributed by atoms with Crippen LogP contribution in [0.25, 0.3) is 0 Å². The highest BCUT2D eigenvalue weighted by Crippen LogP contribution is 2.33. The molecular formula is C6H12NO2+. The van der Waals surface area contributed by atoms with Crippen LogP contribution in [0.15, 0.2) is 0 Å². The minimum Gasteiger partial charge on any atom is -0.465 e. The molecule has 0 aromatic carbocycles. The number of hydrogen-bond donors (Lipinski definition) is 1. The van der Waals surface area contributed by atoms with Crippen molar-refractivity contribution in [2.75, 3.05) is 6.61 Å². The van der Waals surface area contributed by atoms with Gasteiger partial charge in [0.1, 0.15) is 5.54 Å². The molecule has 0 aliphatic heterocycles. The largest absolute Gasteiger partial charge is 1.00 e. The second-order valence-electron chi connectivity index (χ2n) is 2.38. The van der Waals surface area contributed by atoms with Gasteiger partial charge in [0.05, 0.1) is 6.61 Å². The Balaban J connectivity index is 0.000000810. The van der Waals surface area contributed by atoms with Crippen molar-refractivity contribution in [3.05, 3.63) is 0 Å². The zero-order chi connectivity index (χ0) is 6.91. The zero-order valence-corrected chi connectivity index (χ0v) is 5.52. The van der Waals surface area contributed by atoms with Gasteiger partial charge in [-0.25, -0.2) is 0 Å². The van der Waals surface area contributed by atoms with Crippen LogP contribution in [-0.2, 0) is 9.53 Å². The summed E-state index contributed by atoms with van der Waals surface area (Å²) in [6.07, 6.45) is 1.57. The van der Waals surface area contributed by atoms with Gasteiger partial charge in [-0.1, -0.05) is 0 Å². The van der Waals surface area contributed by atoms with E-state index in [-0.39, 0.29) is 7.40 Å². The predicted molar refractivity (Wildman–Crippen MR) is 33.9 cm³/mol. The Kier molecular flexibility index (Phi) is 1.45. The van der Waals surface area contributed by atoms with E-state index in [1.807, 2.05) is 0 Å². The Morgan fingerprint density at radius 2 is 2.44 bits per heavy atom. The molecule has 1 aliphatic carbocycles. The fraction of sp³-hybridized carbons (Fsp3) is 0.833. The SMILES string of the molecule is CCOC(=O)C1(N)CC1.[H+]. The molecule has 0 heterocycles. The average Bonchev–Trinajstić information content (AvgIpc) is 2.50. The highest BCUT2D eigenvalue weighted by molar-refractivity contribution is 5.83. The molecule has 0 aromatic rings. The molecule has 0 amide bonds. The third kappa shape index (κ3) is 1.21. The normalized spacial score (nSPS) is 21.1. The summed E-state index contributed by atoms with van der Waals surface area (Å²) in [6.45, 7) is 2.21. The maximum absolute atomic E-state index is 10.8. The van der Waals surface area contributed by atoms with Gasteiger partial charge in [0, 0.05) is 0 Å². The summed E-state index contributed by atoms with van der Waals surface area (Å²) in [5.41, 5.74) is 4.90. The van der Waals surface area contributed by atoms with Crippen molar-refractivity contribution in [3.63, 3.8) is 0 Å². The molecule has 1 aliphatic rings. The molecule has 0 saturated heterocycles. The van der Waals surface area contributed by atoms with Crippen molar-refractivity contribution >= 4 is 5.97 Å². The Morgan fingerprint density at radius 3 is 2.78 bits per heavy atom. The fourth-order valence-corrected chi connectivity index (χ4v) is 0.614. The Morgan fingerprint density at radius 1 is 1.89 bits per heavy atom. The minimum atomic E-state index is -0.601. The quantitative estimate of drug-likeness (QED) is 0.541. The van der Waals surface area contributed by atoms with Gasteiger partial charge in [-0.05, 0) is 19.8 Å². The van der Waals surface area contributed by atoms with Crippen LogP contribution in [0, 0.1) is 0 Å². The van der Waals surface area contributed by atoms with Crippen LogP contribution in [0.5, 0.6) is 0 Å². The highest BCUT2D eigenvalue weighted by atomic mass is 16.5. The van der Waals surface area contributed by atoms with Gasteiger partial charge in [0.2, 0.25) is 0 Å². The maximum Gasteiger partial charge on any atom is 1.00 e. The van der Waals surface area contributed by atoms with E-state index in [4.69, 9.17) is 10.5 Å². The Labute approximate surface area is 55.7 Å². The van der Waals surface area contributed by atoms with Gasteiger partial charge in [-0.3, -0.25) is 4.79 Å². The third-order valence-corrected chi connectivity index (χ3v) is 1.47. The first kappa shape index (κ1) is 6.55. The minimum absolute atomic E-state index is 0. The molecule has 1 rings (SSSR count). The Bertz CT molecular complexity index is 134. The molecule has 52 valence electrons. The molecule has 9 heavy (non-hydrogen) atoms. The van der Waals surface area contributed by atoms with Gasteiger partial charge >= 0.3 is 7.40 Å². The number of hydrogen-bond acceptors (Lipinski definition) is 3. The highest BCUT2D eigenvalue weighted by Gasteiger charge is 2.47. The van der Waals surface area contributed by atoms with Gasteiger partial charge in [-0.15, -0.1) is 0 Å². The smallest absolute Gasteiger partial charge is 0.465 e. The van der Waals surface area contributed by atoms with Gasteiger partial charge in [0.25, 0.3) is 0 Å². The standard InChI is InChI=1S/C6H11NO2/c1-2-9-5(8)6(7)3-4-6/h2-4,7H2,1H3/p+1. The average molecular weight is 130 g/mol. The van der Waals surface area contributed by atoms with Gasteiger partial charge in [-0.2, -0.15) is 0 Å². The fourth-order valence-electron chi connectivity index (χ4n) is 0.614. The first-order valence-corrected chi connectivity index (χ1v) is 3.15. The topological polar surface area (TPSA) is 52.3 Å². The summed E-state index contributed by atoms with van der Waals surface area (Å²) in [6, 6.07) is 0. The molecule has 0 aromatic heterocycles. The zero-order valence-electron chi connectivity index (χ0n) is 6.52. The molecule has 3 heteroatoms. The van der Waals surface area contributed by atoms with E-state index in [1.54, 1.807) is 6.92 Å². The lowest BCUT2D eigenvalue weighted by Crippen LogP contribution is -2.34. The van der Waals surface area contributed by atoms with Crippen molar-refractivity contribution < 1.29 is 11.0 Å². The van der Waals surface area contributed by atoms with E-state index in [1.165, 1.54) is 0 Å². The molecule has 1 saturated carbocycles. The number of carbonyl (C=O) groups excluding carboxylic acids is 1. The van der Waals surface area contributed by atoms with Crippen LogP contribution >= 0.6 is 0 Å². The lowest BCUT2D eigenvalue weighted by molar-refractivity contribution is -0.145. The molecule has 1 fully saturated rings. The molecular weight excluding hydrogens is 118 g/mol. The lowest BCUT2D eigenvalue weighted by atomic mass is 10.3. The van der Waals surface area contributed by atoms with E-state index in [0.29, 0.717) is 6.61 Å². The van der Waals surface area contributed by atoms with E-state index in [2.05, 4.69) is 0 Å². The molecule has 0 atom stereocenters. The summed E-state index contributed by atoms with van der Waals surface area (Å²) in [5.74, 6) is -0.245. The van der Waals surface area contributed by atoms with Crippen molar-refractivity contribution in [1.29, 1.82) is 0 Å². The van der Waals surface area contributed by atoms with E-state index >= 15 is 0 Å². The van der Waals surface area contributed by atoms with Crippen LogP contribution in [-0.4, -0.2) is 18.1 Å². The predicted octanol–water partition coefficient (Wildman–Crippen LogP) is 0.153.